The highest BCUT2D eigenvalue weighted by Gasteiger charge is 2.18. The van der Waals surface area contributed by atoms with Crippen LogP contribution >= 0.6 is 0 Å². The first-order chi connectivity index (χ1) is 7.47. The average Bonchev–Trinajstić information content (AvgIpc) is 2.17. The van der Waals surface area contributed by atoms with Crippen LogP contribution in [0.25, 0.3) is 0 Å². The molecule has 1 rings (SSSR count). The molecule has 7 heteroatoms. The van der Waals surface area contributed by atoms with Gasteiger partial charge in [-0.2, -0.15) is 8.42 Å². The van der Waals surface area contributed by atoms with Crippen LogP contribution in [0.1, 0.15) is 32.1 Å². The number of hydrogen-bond acceptors (Lipinski definition) is 5. The first-order valence-corrected chi connectivity index (χ1v) is 6.87. The minimum absolute atomic E-state index is 0.119. The quantitative estimate of drug-likeness (QED) is 0.600. The molecule has 0 bridgehead atoms. The summed E-state index contributed by atoms with van der Waals surface area (Å²) in [4.78, 5) is 11.1. The maximum absolute atomic E-state index is 11.1. The SMILES string of the molecule is O=C(OCCS(=O)(=O)O)OC1CCCCC1. The fourth-order valence-corrected chi connectivity index (χ4v) is 1.88. The Morgan fingerprint density at radius 1 is 1.25 bits per heavy atom. The zero-order valence-corrected chi connectivity index (χ0v) is 9.74. The molecule has 16 heavy (non-hydrogen) atoms. The number of hydrogen-bond donors (Lipinski definition) is 1. The minimum Gasteiger partial charge on any atom is -0.433 e. The molecule has 0 spiro atoms. The van der Waals surface area contributed by atoms with Gasteiger partial charge in [0, 0.05) is 0 Å². The molecular formula is C9H16O6S. The molecule has 94 valence electrons. The summed E-state index contributed by atoms with van der Waals surface area (Å²) in [6.07, 6.45) is 3.88. The molecule has 0 aromatic heterocycles. The molecule has 1 saturated carbocycles. The van der Waals surface area contributed by atoms with Gasteiger partial charge in [0.1, 0.15) is 18.5 Å². The van der Waals surface area contributed by atoms with Crippen molar-refractivity contribution in [3.05, 3.63) is 0 Å². The van der Waals surface area contributed by atoms with E-state index in [0.717, 1.165) is 32.1 Å². The molecule has 1 fully saturated rings. The number of ether oxygens (including phenoxy) is 2. The summed E-state index contributed by atoms with van der Waals surface area (Å²) in [5.74, 6) is -0.604. The van der Waals surface area contributed by atoms with Gasteiger partial charge in [-0.05, 0) is 25.7 Å². The van der Waals surface area contributed by atoms with Gasteiger partial charge in [0.15, 0.2) is 0 Å². The van der Waals surface area contributed by atoms with Gasteiger partial charge in [-0.15, -0.1) is 0 Å². The van der Waals surface area contributed by atoms with E-state index in [1.165, 1.54) is 0 Å². The standard InChI is InChI=1S/C9H16O6S/c10-9(14-6-7-16(11,12)13)15-8-4-2-1-3-5-8/h8H,1-7H2,(H,11,12,13). The van der Waals surface area contributed by atoms with Gasteiger partial charge >= 0.3 is 6.16 Å². The summed E-state index contributed by atoms with van der Waals surface area (Å²) >= 11 is 0. The van der Waals surface area contributed by atoms with E-state index in [0.29, 0.717) is 0 Å². The highest BCUT2D eigenvalue weighted by atomic mass is 32.2. The van der Waals surface area contributed by atoms with Crippen LogP contribution in [0.3, 0.4) is 0 Å². The Labute approximate surface area is 94.7 Å². The van der Waals surface area contributed by atoms with E-state index in [2.05, 4.69) is 4.74 Å². The molecule has 0 aliphatic heterocycles. The maximum atomic E-state index is 11.1. The van der Waals surface area contributed by atoms with Crippen molar-refractivity contribution in [1.82, 2.24) is 0 Å². The van der Waals surface area contributed by atoms with Crippen LogP contribution in [0.2, 0.25) is 0 Å². The van der Waals surface area contributed by atoms with Gasteiger partial charge in [-0.3, -0.25) is 4.55 Å². The van der Waals surface area contributed by atoms with E-state index in [1.807, 2.05) is 0 Å². The van der Waals surface area contributed by atoms with Crippen LogP contribution in [0.4, 0.5) is 4.79 Å². The fourth-order valence-electron chi connectivity index (χ4n) is 1.58. The van der Waals surface area contributed by atoms with Gasteiger partial charge in [-0.25, -0.2) is 4.79 Å². The van der Waals surface area contributed by atoms with Crippen molar-refractivity contribution < 1.29 is 27.2 Å². The summed E-state index contributed by atoms with van der Waals surface area (Å²) < 4.78 is 38.5. The van der Waals surface area contributed by atoms with E-state index in [1.54, 1.807) is 0 Å². The van der Waals surface area contributed by atoms with Crippen molar-refractivity contribution in [2.45, 2.75) is 38.2 Å². The Hall–Kier alpha value is -0.820. The molecule has 0 heterocycles. The summed E-state index contributed by atoms with van der Waals surface area (Å²) in [5, 5.41) is 0. The summed E-state index contributed by atoms with van der Waals surface area (Å²) in [5.41, 5.74) is 0. The lowest BCUT2D eigenvalue weighted by atomic mass is 9.98. The van der Waals surface area contributed by atoms with E-state index >= 15 is 0 Å². The van der Waals surface area contributed by atoms with Crippen LogP contribution < -0.4 is 0 Å². The van der Waals surface area contributed by atoms with Crippen LogP contribution in [0, 0.1) is 0 Å². The maximum Gasteiger partial charge on any atom is 0.508 e. The second kappa shape index (κ2) is 6.05. The summed E-state index contributed by atoms with van der Waals surface area (Å²) in [6.45, 7) is -0.385. The van der Waals surface area contributed by atoms with E-state index in [-0.39, 0.29) is 12.7 Å². The third kappa shape index (κ3) is 5.92. The number of carbonyl (C=O) groups is 1. The highest BCUT2D eigenvalue weighted by molar-refractivity contribution is 7.85. The average molecular weight is 252 g/mol. The molecular weight excluding hydrogens is 236 g/mol. The molecule has 0 amide bonds. The Balaban J connectivity index is 2.15. The molecule has 1 aliphatic rings. The van der Waals surface area contributed by atoms with Crippen LogP contribution in [0.15, 0.2) is 0 Å². The number of rotatable bonds is 4. The normalized spacial score (nSPS) is 18.1. The lowest BCUT2D eigenvalue weighted by molar-refractivity contribution is 0.0141. The first-order valence-electron chi connectivity index (χ1n) is 5.26. The molecule has 0 saturated heterocycles. The smallest absolute Gasteiger partial charge is 0.433 e. The molecule has 0 atom stereocenters. The molecule has 1 N–H and O–H groups in total. The van der Waals surface area contributed by atoms with Crippen LogP contribution in [-0.4, -0.2) is 37.6 Å². The molecule has 0 aromatic rings. The Bertz CT molecular complexity index is 317. The molecule has 0 aromatic carbocycles. The van der Waals surface area contributed by atoms with Crippen LogP contribution in [-0.2, 0) is 19.6 Å². The van der Waals surface area contributed by atoms with E-state index in [9.17, 15) is 13.2 Å². The molecule has 6 nitrogen and oxygen atoms in total. The van der Waals surface area contributed by atoms with Gasteiger partial charge in [0.05, 0.1) is 0 Å². The van der Waals surface area contributed by atoms with Gasteiger partial charge < -0.3 is 9.47 Å². The van der Waals surface area contributed by atoms with Crippen LogP contribution in [0.5, 0.6) is 0 Å². The van der Waals surface area contributed by atoms with Gasteiger partial charge in [0.25, 0.3) is 10.1 Å². The number of carbonyl (C=O) groups excluding carboxylic acids is 1. The second-order valence-corrected chi connectivity index (χ2v) is 5.33. The Morgan fingerprint density at radius 3 is 2.44 bits per heavy atom. The highest BCUT2D eigenvalue weighted by Crippen LogP contribution is 2.20. The minimum atomic E-state index is -4.09. The largest absolute Gasteiger partial charge is 0.508 e. The van der Waals surface area contributed by atoms with E-state index < -0.39 is 22.0 Å². The summed E-state index contributed by atoms with van der Waals surface area (Å²) in [7, 11) is -4.09. The van der Waals surface area contributed by atoms with Crippen molar-refractivity contribution in [3.8, 4) is 0 Å². The summed E-state index contributed by atoms with van der Waals surface area (Å²) in [6, 6.07) is 0. The molecule has 0 unspecified atom stereocenters. The topological polar surface area (TPSA) is 89.9 Å². The zero-order chi connectivity index (χ0) is 12.0. The molecule has 1 aliphatic carbocycles. The Morgan fingerprint density at radius 2 is 1.88 bits per heavy atom. The van der Waals surface area contributed by atoms with Crippen molar-refractivity contribution >= 4 is 16.3 Å². The predicted molar refractivity (Wildman–Crippen MR) is 55.7 cm³/mol. The second-order valence-electron chi connectivity index (χ2n) is 3.76. The fraction of sp³-hybridized carbons (Fsp3) is 0.889. The van der Waals surface area contributed by atoms with Gasteiger partial charge in [-0.1, -0.05) is 6.42 Å². The lowest BCUT2D eigenvalue weighted by Crippen LogP contribution is -2.23. The van der Waals surface area contributed by atoms with Crippen molar-refractivity contribution in [2.24, 2.45) is 0 Å². The Kier molecular flexibility index (Phi) is 5.01. The third-order valence-electron chi connectivity index (χ3n) is 2.38. The third-order valence-corrected chi connectivity index (χ3v) is 3.06. The van der Waals surface area contributed by atoms with E-state index in [4.69, 9.17) is 9.29 Å². The first kappa shape index (κ1) is 13.2. The lowest BCUT2D eigenvalue weighted by Gasteiger charge is -2.21. The van der Waals surface area contributed by atoms with Gasteiger partial charge in [0.2, 0.25) is 0 Å². The monoisotopic (exact) mass is 252 g/mol. The van der Waals surface area contributed by atoms with Crippen molar-refractivity contribution in [2.75, 3.05) is 12.4 Å². The van der Waals surface area contributed by atoms with Crippen molar-refractivity contribution in [1.29, 1.82) is 0 Å². The zero-order valence-electron chi connectivity index (χ0n) is 8.92. The molecule has 0 radical (unpaired) electrons. The van der Waals surface area contributed by atoms with Crippen molar-refractivity contribution in [3.63, 3.8) is 0 Å². The predicted octanol–water partition coefficient (Wildman–Crippen LogP) is 1.36.